The maximum atomic E-state index is 12.9. The van der Waals surface area contributed by atoms with Gasteiger partial charge in [-0.15, -0.1) is 6.42 Å². The van der Waals surface area contributed by atoms with Crippen molar-refractivity contribution in [1.29, 1.82) is 0 Å². The molecule has 0 bridgehead atoms. The number of H-pyrrole nitrogens is 1. The Labute approximate surface area is 143 Å². The van der Waals surface area contributed by atoms with Gasteiger partial charge in [0, 0.05) is 5.92 Å². The predicted molar refractivity (Wildman–Crippen MR) is 91.8 cm³/mol. The molecule has 1 aliphatic rings. The van der Waals surface area contributed by atoms with Gasteiger partial charge in [0.1, 0.15) is 6.23 Å². The number of aliphatic hydroxyl groups excluding tert-OH is 1. The van der Waals surface area contributed by atoms with E-state index in [0.29, 0.717) is 12.8 Å². The lowest BCUT2D eigenvalue weighted by Gasteiger charge is -2.19. The molecule has 0 unspecified atom stereocenters. The van der Waals surface area contributed by atoms with Gasteiger partial charge in [0.25, 0.3) is 5.56 Å². The van der Waals surface area contributed by atoms with Crippen molar-refractivity contribution in [2.75, 3.05) is 5.73 Å². The minimum absolute atomic E-state index is 0.0592. The summed E-state index contributed by atoms with van der Waals surface area (Å²) in [6.45, 7) is 3.71. The SMILES string of the molecule is C#CCn1c(=O)n([C@@H]2O[C@H]([C@@H](O)CC)C[C@H]2C)c2nc(N)[nH]c(=O)c21. The van der Waals surface area contributed by atoms with Gasteiger partial charge in [-0.25, -0.2) is 9.36 Å². The van der Waals surface area contributed by atoms with Crippen LogP contribution in [0.1, 0.15) is 32.9 Å². The van der Waals surface area contributed by atoms with Crippen molar-refractivity contribution in [2.45, 2.75) is 51.7 Å². The summed E-state index contributed by atoms with van der Waals surface area (Å²) in [6, 6.07) is 0. The van der Waals surface area contributed by atoms with E-state index in [1.165, 1.54) is 9.13 Å². The third kappa shape index (κ3) is 2.73. The molecule has 9 nitrogen and oxygen atoms in total. The van der Waals surface area contributed by atoms with Crippen molar-refractivity contribution in [1.82, 2.24) is 19.1 Å². The fourth-order valence-corrected chi connectivity index (χ4v) is 3.34. The van der Waals surface area contributed by atoms with E-state index in [2.05, 4.69) is 15.9 Å². The zero-order valence-electron chi connectivity index (χ0n) is 14.1. The summed E-state index contributed by atoms with van der Waals surface area (Å²) >= 11 is 0. The van der Waals surface area contributed by atoms with Crippen LogP contribution in [0.25, 0.3) is 11.2 Å². The van der Waals surface area contributed by atoms with Gasteiger partial charge in [0.05, 0.1) is 18.8 Å². The molecule has 0 amide bonds. The Bertz CT molecular complexity index is 950. The third-order valence-electron chi connectivity index (χ3n) is 4.59. The number of aliphatic hydroxyl groups is 1. The van der Waals surface area contributed by atoms with Gasteiger partial charge in [-0.2, -0.15) is 4.98 Å². The number of terminal acetylenes is 1. The van der Waals surface area contributed by atoms with Gasteiger partial charge >= 0.3 is 5.69 Å². The first-order chi connectivity index (χ1) is 11.9. The minimum atomic E-state index is -0.658. The number of ether oxygens (including phenoxy) is 1. The Balaban J connectivity index is 2.20. The quantitative estimate of drug-likeness (QED) is 0.657. The van der Waals surface area contributed by atoms with E-state index in [1.54, 1.807) is 0 Å². The molecule has 1 saturated heterocycles. The second-order valence-electron chi connectivity index (χ2n) is 6.32. The Morgan fingerprint density at radius 1 is 1.56 bits per heavy atom. The van der Waals surface area contributed by atoms with E-state index in [-0.39, 0.29) is 35.7 Å². The summed E-state index contributed by atoms with van der Waals surface area (Å²) in [5.74, 6) is 2.21. The molecule has 3 heterocycles. The molecule has 1 aliphatic heterocycles. The molecule has 25 heavy (non-hydrogen) atoms. The molecule has 0 spiro atoms. The predicted octanol–water partition coefficient (Wildman–Crippen LogP) is -0.204. The number of fused-ring (bicyclic) bond motifs is 1. The maximum absolute atomic E-state index is 12.9. The van der Waals surface area contributed by atoms with E-state index in [1.807, 2.05) is 13.8 Å². The number of nitrogens with one attached hydrogen (secondary N) is 1. The average Bonchev–Trinajstić information content (AvgIpc) is 3.05. The van der Waals surface area contributed by atoms with Crippen LogP contribution in [-0.4, -0.2) is 36.4 Å². The highest BCUT2D eigenvalue weighted by molar-refractivity contribution is 5.72. The molecule has 3 rings (SSSR count). The van der Waals surface area contributed by atoms with Crippen molar-refractivity contribution < 1.29 is 9.84 Å². The average molecular weight is 347 g/mol. The van der Waals surface area contributed by atoms with E-state index >= 15 is 0 Å². The molecule has 4 N–H and O–H groups in total. The first-order valence-corrected chi connectivity index (χ1v) is 8.16. The molecule has 9 heteroatoms. The van der Waals surface area contributed by atoms with Crippen molar-refractivity contribution in [3.8, 4) is 12.3 Å². The normalized spacial score (nSPS) is 24.5. The maximum Gasteiger partial charge on any atom is 0.333 e. The van der Waals surface area contributed by atoms with Crippen molar-refractivity contribution in [3.05, 3.63) is 20.8 Å². The van der Waals surface area contributed by atoms with Crippen LogP contribution in [0.4, 0.5) is 5.95 Å². The van der Waals surface area contributed by atoms with Crippen LogP contribution in [0, 0.1) is 18.3 Å². The summed E-state index contributed by atoms with van der Waals surface area (Å²) in [4.78, 5) is 31.7. The zero-order valence-corrected chi connectivity index (χ0v) is 14.1. The summed E-state index contributed by atoms with van der Waals surface area (Å²) in [7, 11) is 0. The second-order valence-corrected chi connectivity index (χ2v) is 6.32. The van der Waals surface area contributed by atoms with Crippen LogP contribution in [0.5, 0.6) is 0 Å². The zero-order chi connectivity index (χ0) is 18.3. The van der Waals surface area contributed by atoms with E-state index in [4.69, 9.17) is 16.9 Å². The smallest absolute Gasteiger partial charge is 0.333 e. The molecule has 2 aromatic heterocycles. The number of anilines is 1. The largest absolute Gasteiger partial charge is 0.390 e. The molecule has 0 radical (unpaired) electrons. The Morgan fingerprint density at radius 2 is 2.28 bits per heavy atom. The van der Waals surface area contributed by atoms with Gasteiger partial charge in [-0.3, -0.25) is 14.3 Å². The highest BCUT2D eigenvalue weighted by Gasteiger charge is 2.39. The highest BCUT2D eigenvalue weighted by atomic mass is 16.5. The first kappa shape index (κ1) is 17.3. The van der Waals surface area contributed by atoms with Crippen LogP contribution in [-0.2, 0) is 11.3 Å². The van der Waals surface area contributed by atoms with Gasteiger partial charge in [0.2, 0.25) is 5.95 Å². The highest BCUT2D eigenvalue weighted by Crippen LogP contribution is 2.36. The fourth-order valence-electron chi connectivity index (χ4n) is 3.34. The molecule has 0 aliphatic carbocycles. The van der Waals surface area contributed by atoms with Gasteiger partial charge < -0.3 is 15.6 Å². The van der Waals surface area contributed by atoms with Gasteiger partial charge in [0.15, 0.2) is 11.2 Å². The monoisotopic (exact) mass is 347 g/mol. The Morgan fingerprint density at radius 3 is 2.92 bits per heavy atom. The minimum Gasteiger partial charge on any atom is -0.390 e. The van der Waals surface area contributed by atoms with Crippen molar-refractivity contribution in [2.24, 2.45) is 5.92 Å². The summed E-state index contributed by atoms with van der Waals surface area (Å²) in [5.41, 5.74) is 4.81. The van der Waals surface area contributed by atoms with E-state index in [0.717, 1.165) is 0 Å². The molecule has 2 aromatic rings. The topological polar surface area (TPSA) is 128 Å². The molecule has 0 aromatic carbocycles. The van der Waals surface area contributed by atoms with Crippen LogP contribution >= 0.6 is 0 Å². The number of hydrogen-bond acceptors (Lipinski definition) is 6. The van der Waals surface area contributed by atoms with Gasteiger partial charge in [-0.1, -0.05) is 19.8 Å². The van der Waals surface area contributed by atoms with Crippen LogP contribution in [0.2, 0.25) is 0 Å². The van der Waals surface area contributed by atoms with Gasteiger partial charge in [-0.05, 0) is 12.8 Å². The summed E-state index contributed by atoms with van der Waals surface area (Å²) in [5, 5.41) is 10.1. The lowest BCUT2D eigenvalue weighted by molar-refractivity contribution is -0.0650. The number of aromatic amines is 1. The number of nitrogens with zero attached hydrogens (tertiary/aromatic N) is 3. The Hall–Kier alpha value is -2.57. The molecule has 1 fully saturated rings. The lowest BCUT2D eigenvalue weighted by atomic mass is 10.0. The van der Waals surface area contributed by atoms with Crippen LogP contribution in [0.15, 0.2) is 9.59 Å². The number of hydrogen-bond donors (Lipinski definition) is 3. The lowest BCUT2D eigenvalue weighted by Crippen LogP contribution is -2.31. The number of imidazole rings is 1. The standard InChI is InChI=1S/C16H21N5O4/c1-4-6-20-11-12(18-15(17)19-13(11)23)21(16(20)24)14-8(3)7-10(25-14)9(22)5-2/h1,8-10,14,22H,5-7H2,2-3H3,(H3,17,18,19,23)/t8-,9+,10+,14-/m1/s1. The number of aromatic nitrogens is 4. The van der Waals surface area contributed by atoms with Crippen molar-refractivity contribution in [3.63, 3.8) is 0 Å². The van der Waals surface area contributed by atoms with Crippen LogP contribution < -0.4 is 17.0 Å². The second kappa shape index (κ2) is 6.38. The molecule has 134 valence electrons. The van der Waals surface area contributed by atoms with Crippen molar-refractivity contribution >= 4 is 17.1 Å². The number of rotatable bonds is 4. The molecule has 0 saturated carbocycles. The molecular weight excluding hydrogens is 326 g/mol. The Kier molecular flexibility index (Phi) is 4.41. The molecular formula is C16H21N5O4. The number of nitrogens with two attached hydrogens (primary N) is 1. The number of nitrogen functional groups attached to an aromatic ring is 1. The van der Waals surface area contributed by atoms with E-state index in [9.17, 15) is 14.7 Å². The van der Waals surface area contributed by atoms with E-state index < -0.39 is 23.6 Å². The fraction of sp³-hybridized carbons (Fsp3) is 0.562. The summed E-state index contributed by atoms with van der Waals surface area (Å²) in [6.07, 6.45) is 4.80. The third-order valence-corrected chi connectivity index (χ3v) is 4.59. The molecule has 4 atom stereocenters. The summed E-state index contributed by atoms with van der Waals surface area (Å²) < 4.78 is 8.42. The first-order valence-electron chi connectivity index (χ1n) is 8.16. The van der Waals surface area contributed by atoms with Crippen LogP contribution in [0.3, 0.4) is 0 Å².